The van der Waals surface area contributed by atoms with E-state index in [4.69, 9.17) is 27.9 Å². The van der Waals surface area contributed by atoms with Gasteiger partial charge < -0.3 is 4.74 Å². The van der Waals surface area contributed by atoms with Crippen molar-refractivity contribution < 1.29 is 4.74 Å². The minimum absolute atomic E-state index is 0.362. The fourth-order valence-electron chi connectivity index (χ4n) is 2.57. The van der Waals surface area contributed by atoms with E-state index in [1.54, 1.807) is 29.7 Å². The molecule has 0 fully saturated rings. The average Bonchev–Trinajstić information content (AvgIpc) is 3.10. The number of hydrogen-bond acceptors (Lipinski definition) is 5. The number of nitrogens with one attached hydrogen (secondary N) is 1. The zero-order valence-electron chi connectivity index (χ0n) is 14.6. The van der Waals surface area contributed by atoms with Gasteiger partial charge >= 0.3 is 0 Å². The van der Waals surface area contributed by atoms with Crippen molar-refractivity contribution in [3.63, 3.8) is 0 Å². The standard InChI is InChI=1S/C21H15Cl2N3OS/c22-16-9-8-15(18(23)11-16)13-27-17-5-3-4-14(10-17)12-24-26-21-25-19-6-1-2-7-20(19)28-21/h1-12H,13H2,(H,25,26). The van der Waals surface area contributed by atoms with Crippen molar-refractivity contribution >= 4 is 56.1 Å². The first kappa shape index (κ1) is 18.7. The molecule has 0 aliphatic rings. The van der Waals surface area contributed by atoms with Gasteiger partial charge in [0.2, 0.25) is 5.13 Å². The number of nitrogens with zero attached hydrogens (tertiary/aromatic N) is 2. The van der Waals surface area contributed by atoms with Gasteiger partial charge in [0.25, 0.3) is 0 Å². The summed E-state index contributed by atoms with van der Waals surface area (Å²) in [5.74, 6) is 0.731. The summed E-state index contributed by atoms with van der Waals surface area (Å²) in [4.78, 5) is 4.49. The van der Waals surface area contributed by atoms with Crippen LogP contribution in [-0.4, -0.2) is 11.2 Å². The van der Waals surface area contributed by atoms with Crippen LogP contribution in [0.25, 0.3) is 10.2 Å². The van der Waals surface area contributed by atoms with Gasteiger partial charge in [0, 0.05) is 15.6 Å². The van der Waals surface area contributed by atoms with Crippen molar-refractivity contribution in [3.8, 4) is 5.75 Å². The van der Waals surface area contributed by atoms with E-state index >= 15 is 0 Å². The van der Waals surface area contributed by atoms with Gasteiger partial charge in [-0.1, -0.05) is 64.9 Å². The van der Waals surface area contributed by atoms with E-state index in [1.807, 2.05) is 54.6 Å². The Labute approximate surface area is 176 Å². The monoisotopic (exact) mass is 427 g/mol. The molecule has 0 unspecified atom stereocenters. The maximum absolute atomic E-state index is 6.18. The number of hydrogen-bond donors (Lipinski definition) is 1. The van der Waals surface area contributed by atoms with Crippen molar-refractivity contribution in [2.45, 2.75) is 6.61 Å². The number of rotatable bonds is 6. The normalized spacial score (nSPS) is 11.2. The zero-order chi connectivity index (χ0) is 19.3. The molecule has 0 saturated carbocycles. The summed E-state index contributed by atoms with van der Waals surface area (Å²) in [6.45, 7) is 0.362. The third kappa shape index (κ3) is 4.62. The molecule has 140 valence electrons. The number of aromatic nitrogens is 1. The van der Waals surface area contributed by atoms with Crippen molar-refractivity contribution in [2.24, 2.45) is 5.10 Å². The van der Waals surface area contributed by atoms with Gasteiger partial charge in [-0.05, 0) is 42.0 Å². The van der Waals surface area contributed by atoms with Gasteiger partial charge in [0.05, 0.1) is 16.4 Å². The van der Waals surface area contributed by atoms with Crippen LogP contribution in [0.15, 0.2) is 71.8 Å². The maximum atomic E-state index is 6.18. The maximum Gasteiger partial charge on any atom is 0.204 e. The van der Waals surface area contributed by atoms with Crippen LogP contribution in [0.4, 0.5) is 5.13 Å². The molecule has 0 aliphatic heterocycles. The van der Waals surface area contributed by atoms with E-state index < -0.39 is 0 Å². The van der Waals surface area contributed by atoms with Gasteiger partial charge in [-0.25, -0.2) is 4.98 Å². The molecule has 0 spiro atoms. The minimum atomic E-state index is 0.362. The van der Waals surface area contributed by atoms with Gasteiger partial charge in [0.15, 0.2) is 0 Å². The van der Waals surface area contributed by atoms with E-state index in [0.717, 1.165) is 32.2 Å². The molecular formula is C21H15Cl2N3OS. The Morgan fingerprint density at radius 1 is 1.04 bits per heavy atom. The Hall–Kier alpha value is -2.60. The topological polar surface area (TPSA) is 46.5 Å². The van der Waals surface area contributed by atoms with Gasteiger partial charge in [-0.15, -0.1) is 0 Å². The highest BCUT2D eigenvalue weighted by Gasteiger charge is 2.04. The number of ether oxygens (including phenoxy) is 1. The van der Waals surface area contributed by atoms with Crippen molar-refractivity contribution in [3.05, 3.63) is 87.9 Å². The SMILES string of the molecule is Clc1ccc(COc2cccc(C=NNc3nc4ccccc4s3)c2)c(Cl)c1. The molecule has 0 amide bonds. The fourth-order valence-corrected chi connectivity index (χ4v) is 3.85. The first-order valence-electron chi connectivity index (χ1n) is 8.49. The predicted octanol–water partition coefficient (Wildman–Crippen LogP) is 6.63. The number of anilines is 1. The third-order valence-corrected chi connectivity index (χ3v) is 5.46. The fraction of sp³-hybridized carbons (Fsp3) is 0.0476. The van der Waals surface area contributed by atoms with Crippen LogP contribution in [0, 0.1) is 0 Å². The average molecular weight is 428 g/mol. The largest absolute Gasteiger partial charge is 0.489 e. The molecule has 1 heterocycles. The molecule has 4 aromatic rings. The van der Waals surface area contributed by atoms with Crippen LogP contribution in [0.3, 0.4) is 0 Å². The molecule has 0 saturated heterocycles. The number of halogens is 2. The quantitative estimate of drug-likeness (QED) is 0.277. The summed E-state index contributed by atoms with van der Waals surface area (Å²) in [5, 5.41) is 6.22. The third-order valence-electron chi connectivity index (χ3n) is 3.94. The van der Waals surface area contributed by atoms with Gasteiger partial charge in [-0.3, -0.25) is 5.43 Å². The van der Waals surface area contributed by atoms with Crippen molar-refractivity contribution in [1.82, 2.24) is 4.98 Å². The lowest BCUT2D eigenvalue weighted by Gasteiger charge is -2.08. The Kier molecular flexibility index (Phi) is 5.76. The molecule has 7 heteroatoms. The Balaban J connectivity index is 1.39. The van der Waals surface area contributed by atoms with Crippen LogP contribution >= 0.6 is 34.5 Å². The van der Waals surface area contributed by atoms with E-state index in [0.29, 0.717) is 16.7 Å². The molecular weight excluding hydrogens is 413 g/mol. The molecule has 4 nitrogen and oxygen atoms in total. The number of thiazole rings is 1. The van der Waals surface area contributed by atoms with Crippen molar-refractivity contribution in [1.29, 1.82) is 0 Å². The molecule has 4 rings (SSSR count). The molecule has 28 heavy (non-hydrogen) atoms. The molecule has 0 radical (unpaired) electrons. The molecule has 0 atom stereocenters. The summed E-state index contributed by atoms with van der Waals surface area (Å²) in [6.07, 6.45) is 1.73. The molecule has 3 aromatic carbocycles. The molecule has 0 bridgehead atoms. The molecule has 0 aliphatic carbocycles. The molecule has 1 aromatic heterocycles. The van der Waals surface area contributed by atoms with Crippen LogP contribution in [-0.2, 0) is 6.61 Å². The van der Waals surface area contributed by atoms with E-state index in [2.05, 4.69) is 15.5 Å². The lowest BCUT2D eigenvalue weighted by molar-refractivity contribution is 0.306. The lowest BCUT2D eigenvalue weighted by Crippen LogP contribution is -1.97. The number of fused-ring (bicyclic) bond motifs is 1. The Morgan fingerprint density at radius 3 is 2.79 bits per heavy atom. The summed E-state index contributed by atoms with van der Waals surface area (Å²) in [5.41, 5.74) is 5.73. The highest BCUT2D eigenvalue weighted by atomic mass is 35.5. The van der Waals surface area contributed by atoms with Crippen LogP contribution in [0.5, 0.6) is 5.75 Å². The Bertz CT molecular complexity index is 1110. The summed E-state index contributed by atoms with van der Waals surface area (Å²) in [7, 11) is 0. The predicted molar refractivity (Wildman–Crippen MR) is 118 cm³/mol. The number of benzene rings is 3. The van der Waals surface area contributed by atoms with Gasteiger partial charge in [-0.2, -0.15) is 5.10 Å². The second-order valence-corrected chi connectivity index (χ2v) is 7.83. The lowest BCUT2D eigenvalue weighted by atomic mass is 10.2. The van der Waals surface area contributed by atoms with E-state index in [1.165, 1.54) is 0 Å². The van der Waals surface area contributed by atoms with Crippen molar-refractivity contribution in [2.75, 3.05) is 5.43 Å². The number of para-hydroxylation sites is 1. The van der Waals surface area contributed by atoms with Gasteiger partial charge in [0.1, 0.15) is 12.4 Å². The van der Waals surface area contributed by atoms with Crippen LogP contribution in [0.1, 0.15) is 11.1 Å². The summed E-state index contributed by atoms with van der Waals surface area (Å²) in [6, 6.07) is 21.0. The molecule has 1 N–H and O–H groups in total. The minimum Gasteiger partial charge on any atom is -0.489 e. The first-order chi connectivity index (χ1) is 13.7. The summed E-state index contributed by atoms with van der Waals surface area (Å²) >= 11 is 13.7. The van der Waals surface area contributed by atoms with Crippen LogP contribution in [0.2, 0.25) is 10.0 Å². The second kappa shape index (κ2) is 8.61. The Morgan fingerprint density at radius 2 is 1.93 bits per heavy atom. The second-order valence-electron chi connectivity index (χ2n) is 5.95. The van der Waals surface area contributed by atoms with E-state index in [-0.39, 0.29) is 0 Å². The highest BCUT2D eigenvalue weighted by molar-refractivity contribution is 7.22. The number of hydrazone groups is 1. The summed E-state index contributed by atoms with van der Waals surface area (Å²) < 4.78 is 6.96. The smallest absolute Gasteiger partial charge is 0.204 e. The van der Waals surface area contributed by atoms with E-state index in [9.17, 15) is 0 Å². The zero-order valence-corrected chi connectivity index (χ0v) is 16.9. The first-order valence-corrected chi connectivity index (χ1v) is 10.1. The highest BCUT2D eigenvalue weighted by Crippen LogP contribution is 2.25. The van der Waals surface area contributed by atoms with Crippen LogP contribution < -0.4 is 10.2 Å².